The molecule has 1 saturated carbocycles. The molecule has 1 heterocycles. The summed E-state index contributed by atoms with van der Waals surface area (Å²) < 4.78 is 5.49. The first-order chi connectivity index (χ1) is 8.13. The normalized spacial score (nSPS) is 17.8. The second kappa shape index (κ2) is 4.58. The van der Waals surface area contributed by atoms with Crippen LogP contribution in [0.3, 0.4) is 0 Å². The maximum absolute atomic E-state index is 11.9. The van der Waals surface area contributed by atoms with Crippen molar-refractivity contribution in [1.29, 1.82) is 0 Å². The van der Waals surface area contributed by atoms with Gasteiger partial charge in [0.25, 0.3) is 5.56 Å². The zero-order chi connectivity index (χ0) is 12.5. The first kappa shape index (κ1) is 12.3. The van der Waals surface area contributed by atoms with Crippen molar-refractivity contribution in [1.82, 2.24) is 9.97 Å². The molecule has 1 aliphatic rings. The van der Waals surface area contributed by atoms with E-state index in [1.165, 1.54) is 0 Å². The Morgan fingerprint density at radius 2 is 2.24 bits per heavy atom. The minimum absolute atomic E-state index is 0.0413. The Balaban J connectivity index is 2.41. The Hall–Kier alpha value is -1.20. The number of aliphatic hydroxyl groups is 1. The van der Waals surface area contributed by atoms with Gasteiger partial charge in [-0.05, 0) is 26.2 Å². The number of H-pyrrole nitrogens is 1. The number of nitrogens with one attached hydrogen (secondary N) is 1. The lowest BCUT2D eigenvalue weighted by Crippen LogP contribution is -2.40. The summed E-state index contributed by atoms with van der Waals surface area (Å²) in [4.78, 5) is 19.1. The van der Waals surface area contributed by atoms with Crippen molar-refractivity contribution in [3.05, 3.63) is 27.4 Å². The van der Waals surface area contributed by atoms with Crippen LogP contribution in [0.2, 0.25) is 0 Å². The van der Waals surface area contributed by atoms with Gasteiger partial charge < -0.3 is 14.8 Å². The summed E-state index contributed by atoms with van der Waals surface area (Å²) in [5.41, 5.74) is 0.676. The Bertz CT molecular complexity index is 458. The second-order valence-electron chi connectivity index (χ2n) is 4.50. The average Bonchev–Trinajstić information content (AvgIpc) is 2.23. The number of methoxy groups -OCH3 is 1. The first-order valence-corrected chi connectivity index (χ1v) is 5.89. The third kappa shape index (κ3) is 2.00. The summed E-state index contributed by atoms with van der Waals surface area (Å²) in [5.74, 6) is 0.621. The molecular weight excluding hydrogens is 220 g/mol. The van der Waals surface area contributed by atoms with Gasteiger partial charge >= 0.3 is 0 Å². The van der Waals surface area contributed by atoms with Crippen LogP contribution in [-0.2, 0) is 16.8 Å². The quantitative estimate of drug-likeness (QED) is 0.807. The highest BCUT2D eigenvalue weighted by Gasteiger charge is 2.41. The van der Waals surface area contributed by atoms with Gasteiger partial charge in [-0.2, -0.15) is 0 Å². The third-order valence-corrected chi connectivity index (χ3v) is 3.57. The zero-order valence-electron chi connectivity index (χ0n) is 10.2. The van der Waals surface area contributed by atoms with E-state index in [0.29, 0.717) is 23.5 Å². The summed E-state index contributed by atoms with van der Waals surface area (Å²) in [7, 11) is 1.65. The maximum Gasteiger partial charge on any atom is 0.254 e. The van der Waals surface area contributed by atoms with Crippen LogP contribution in [0.1, 0.15) is 36.3 Å². The fourth-order valence-electron chi connectivity index (χ4n) is 2.27. The van der Waals surface area contributed by atoms with Crippen LogP contribution in [0, 0.1) is 6.92 Å². The fraction of sp³-hybridized carbons (Fsp3) is 0.667. The molecule has 0 atom stereocenters. The van der Waals surface area contributed by atoms with Gasteiger partial charge in [-0.15, -0.1) is 0 Å². The monoisotopic (exact) mass is 238 g/mol. The van der Waals surface area contributed by atoms with E-state index in [-0.39, 0.29) is 12.2 Å². The molecule has 0 bridgehead atoms. The number of rotatable bonds is 4. The predicted octanol–water partition coefficient (Wildman–Crippen LogP) is 0.639. The van der Waals surface area contributed by atoms with E-state index in [1.807, 2.05) is 0 Å². The lowest BCUT2D eigenvalue weighted by atomic mass is 9.79. The first-order valence-electron chi connectivity index (χ1n) is 5.89. The van der Waals surface area contributed by atoms with E-state index >= 15 is 0 Å². The molecule has 1 aliphatic carbocycles. The number of aryl methyl sites for hydroxylation is 1. The van der Waals surface area contributed by atoms with Crippen molar-refractivity contribution >= 4 is 0 Å². The van der Waals surface area contributed by atoms with E-state index in [9.17, 15) is 4.79 Å². The van der Waals surface area contributed by atoms with Crippen molar-refractivity contribution < 1.29 is 9.84 Å². The van der Waals surface area contributed by atoms with Gasteiger partial charge in [-0.3, -0.25) is 4.79 Å². The number of hydrogen-bond acceptors (Lipinski definition) is 4. The van der Waals surface area contributed by atoms with Gasteiger partial charge in [0.05, 0.1) is 0 Å². The molecule has 0 aromatic carbocycles. The molecule has 0 aliphatic heterocycles. The number of hydrogen-bond donors (Lipinski definition) is 2. The molecule has 0 amide bonds. The number of aliphatic hydroxyl groups excluding tert-OH is 1. The van der Waals surface area contributed by atoms with Gasteiger partial charge in [0.2, 0.25) is 0 Å². The zero-order valence-corrected chi connectivity index (χ0v) is 10.2. The standard InChI is InChI=1S/C12H18N2O3/c1-8-9(4-7-15)10(16)14-11(13-8)12(17-2)5-3-6-12/h15H,3-7H2,1-2H3,(H,13,14,16). The van der Waals surface area contributed by atoms with Gasteiger partial charge in [-0.1, -0.05) is 0 Å². The van der Waals surface area contributed by atoms with E-state index in [0.717, 1.165) is 19.3 Å². The highest BCUT2D eigenvalue weighted by atomic mass is 16.5. The molecule has 1 fully saturated rings. The SMILES string of the molecule is COC1(c2nc(C)c(CCO)c(=O)[nH]2)CCC1. The molecule has 5 heteroatoms. The van der Waals surface area contributed by atoms with Crippen LogP contribution in [0.5, 0.6) is 0 Å². The number of aromatic amines is 1. The van der Waals surface area contributed by atoms with Gasteiger partial charge in [0.15, 0.2) is 0 Å². The van der Waals surface area contributed by atoms with Crippen LogP contribution < -0.4 is 5.56 Å². The molecule has 2 rings (SSSR count). The molecular formula is C12H18N2O3. The van der Waals surface area contributed by atoms with E-state index < -0.39 is 5.60 Å². The summed E-state index contributed by atoms with van der Waals surface area (Å²) in [6.07, 6.45) is 3.22. The molecule has 2 N–H and O–H groups in total. The molecule has 1 aromatic rings. The average molecular weight is 238 g/mol. The molecule has 0 saturated heterocycles. The molecule has 94 valence electrons. The smallest absolute Gasteiger partial charge is 0.254 e. The van der Waals surface area contributed by atoms with E-state index in [4.69, 9.17) is 9.84 Å². The summed E-state index contributed by atoms with van der Waals surface area (Å²) >= 11 is 0. The van der Waals surface area contributed by atoms with Crippen LogP contribution in [0.25, 0.3) is 0 Å². The van der Waals surface area contributed by atoms with Crippen LogP contribution in [0.15, 0.2) is 4.79 Å². The minimum atomic E-state index is -0.401. The van der Waals surface area contributed by atoms with E-state index in [1.54, 1.807) is 14.0 Å². The Morgan fingerprint density at radius 1 is 1.53 bits per heavy atom. The van der Waals surface area contributed by atoms with Gasteiger partial charge in [0, 0.05) is 31.4 Å². The van der Waals surface area contributed by atoms with Crippen molar-refractivity contribution in [3.63, 3.8) is 0 Å². The van der Waals surface area contributed by atoms with Crippen LogP contribution in [-0.4, -0.2) is 28.8 Å². The number of nitrogens with zero attached hydrogens (tertiary/aromatic N) is 1. The highest BCUT2D eigenvalue weighted by molar-refractivity contribution is 5.20. The Labute approximate surface area is 99.9 Å². The Kier molecular flexibility index (Phi) is 3.31. The lowest BCUT2D eigenvalue weighted by molar-refractivity contribution is -0.0849. The van der Waals surface area contributed by atoms with Crippen molar-refractivity contribution in [3.8, 4) is 0 Å². The van der Waals surface area contributed by atoms with Crippen molar-refractivity contribution in [2.45, 2.75) is 38.2 Å². The molecule has 17 heavy (non-hydrogen) atoms. The summed E-state index contributed by atoms with van der Waals surface area (Å²) in [6.45, 7) is 1.76. The van der Waals surface area contributed by atoms with Crippen molar-refractivity contribution in [2.24, 2.45) is 0 Å². The number of aromatic nitrogens is 2. The fourth-order valence-corrected chi connectivity index (χ4v) is 2.27. The maximum atomic E-state index is 11.9. The molecule has 1 aromatic heterocycles. The van der Waals surface area contributed by atoms with E-state index in [2.05, 4.69) is 9.97 Å². The van der Waals surface area contributed by atoms with Gasteiger partial charge in [0.1, 0.15) is 11.4 Å². The molecule has 5 nitrogen and oxygen atoms in total. The Morgan fingerprint density at radius 3 is 2.65 bits per heavy atom. The summed E-state index contributed by atoms with van der Waals surface area (Å²) in [5, 5.41) is 8.90. The second-order valence-corrected chi connectivity index (χ2v) is 4.50. The topological polar surface area (TPSA) is 75.2 Å². The third-order valence-electron chi connectivity index (χ3n) is 3.57. The number of ether oxygens (including phenoxy) is 1. The largest absolute Gasteiger partial charge is 0.396 e. The summed E-state index contributed by atoms with van der Waals surface area (Å²) in [6, 6.07) is 0. The minimum Gasteiger partial charge on any atom is -0.396 e. The highest BCUT2D eigenvalue weighted by Crippen LogP contribution is 2.42. The lowest BCUT2D eigenvalue weighted by Gasteiger charge is -2.39. The predicted molar refractivity (Wildman–Crippen MR) is 62.9 cm³/mol. The van der Waals surface area contributed by atoms with Crippen LogP contribution >= 0.6 is 0 Å². The van der Waals surface area contributed by atoms with Crippen LogP contribution in [0.4, 0.5) is 0 Å². The molecule has 0 radical (unpaired) electrons. The van der Waals surface area contributed by atoms with Crippen molar-refractivity contribution in [2.75, 3.05) is 13.7 Å². The molecule has 0 unspecified atom stereocenters. The molecule has 0 spiro atoms. The van der Waals surface area contributed by atoms with Gasteiger partial charge in [-0.25, -0.2) is 4.98 Å².